The summed E-state index contributed by atoms with van der Waals surface area (Å²) in [6.07, 6.45) is 0.105. The third kappa shape index (κ3) is 5.13. The molecule has 0 aliphatic heterocycles. The van der Waals surface area contributed by atoms with Crippen LogP contribution in [0.4, 0.5) is 4.39 Å². The molecular weight excluding hydrogens is 337 g/mol. The van der Waals surface area contributed by atoms with E-state index in [2.05, 4.69) is 5.32 Å². The van der Waals surface area contributed by atoms with Crippen molar-refractivity contribution in [2.24, 2.45) is 0 Å². The number of carbonyl (C=O) groups excluding carboxylic acids is 1. The molecule has 1 amide bonds. The molecule has 2 aromatic carbocycles. The van der Waals surface area contributed by atoms with Gasteiger partial charge < -0.3 is 15.2 Å². The van der Waals surface area contributed by atoms with Crippen LogP contribution in [-0.2, 0) is 16.1 Å². The molecule has 6 heteroatoms. The second-order valence-electron chi connectivity index (χ2n) is 6.31. The second kappa shape index (κ2) is 8.58. The fourth-order valence-corrected chi connectivity index (χ4v) is 2.36. The van der Waals surface area contributed by atoms with Crippen molar-refractivity contribution in [1.29, 1.82) is 0 Å². The standard InChI is InChI=1S/C20H22FNO4/c1-12(2)26-11-14-4-6-15(7-5-14)19(23)22-18(20(24)25)16-8-9-17(21)13(3)10-16/h4-10,12,18H,11H2,1-3H3,(H,22,23)(H,24,25). The Kier molecular flexibility index (Phi) is 6.46. The van der Waals surface area contributed by atoms with E-state index < -0.39 is 23.7 Å². The van der Waals surface area contributed by atoms with Crippen molar-refractivity contribution in [2.45, 2.75) is 39.5 Å². The Morgan fingerprint density at radius 1 is 1.15 bits per heavy atom. The van der Waals surface area contributed by atoms with Crippen LogP contribution in [0.3, 0.4) is 0 Å². The average Bonchev–Trinajstić information content (AvgIpc) is 2.60. The summed E-state index contributed by atoms with van der Waals surface area (Å²) in [4.78, 5) is 23.9. The van der Waals surface area contributed by atoms with Gasteiger partial charge in [-0.1, -0.05) is 24.3 Å². The Balaban J connectivity index is 2.12. The Hall–Kier alpha value is -2.73. The van der Waals surface area contributed by atoms with Crippen molar-refractivity contribution in [2.75, 3.05) is 0 Å². The number of ether oxygens (including phenoxy) is 1. The number of halogens is 1. The van der Waals surface area contributed by atoms with Gasteiger partial charge in [0.2, 0.25) is 0 Å². The molecule has 2 rings (SSSR count). The van der Waals surface area contributed by atoms with E-state index in [9.17, 15) is 19.1 Å². The van der Waals surface area contributed by atoms with Crippen LogP contribution >= 0.6 is 0 Å². The normalized spacial score (nSPS) is 12.0. The Labute approximate surface area is 151 Å². The van der Waals surface area contributed by atoms with Gasteiger partial charge in [-0.2, -0.15) is 0 Å². The molecule has 5 nitrogen and oxygen atoms in total. The first-order chi connectivity index (χ1) is 12.3. The Morgan fingerprint density at radius 2 is 1.81 bits per heavy atom. The zero-order chi connectivity index (χ0) is 19.3. The molecule has 2 aromatic rings. The molecule has 0 aromatic heterocycles. The van der Waals surface area contributed by atoms with Crippen molar-refractivity contribution in [3.05, 3.63) is 70.5 Å². The fourth-order valence-electron chi connectivity index (χ4n) is 2.36. The van der Waals surface area contributed by atoms with E-state index >= 15 is 0 Å². The van der Waals surface area contributed by atoms with Crippen molar-refractivity contribution < 1.29 is 23.8 Å². The highest BCUT2D eigenvalue weighted by Gasteiger charge is 2.23. The number of aryl methyl sites for hydroxylation is 1. The van der Waals surface area contributed by atoms with Crippen molar-refractivity contribution in [1.82, 2.24) is 5.32 Å². The molecule has 0 aliphatic rings. The molecule has 2 N–H and O–H groups in total. The van der Waals surface area contributed by atoms with E-state index in [1.165, 1.54) is 25.1 Å². The number of hydrogen-bond acceptors (Lipinski definition) is 3. The third-order valence-electron chi connectivity index (χ3n) is 3.84. The lowest BCUT2D eigenvalue weighted by atomic mass is 10.0. The van der Waals surface area contributed by atoms with Crippen LogP contribution in [0, 0.1) is 12.7 Å². The Bertz CT molecular complexity index is 787. The summed E-state index contributed by atoms with van der Waals surface area (Å²) >= 11 is 0. The topological polar surface area (TPSA) is 75.6 Å². The summed E-state index contributed by atoms with van der Waals surface area (Å²) in [5, 5.41) is 11.9. The maximum Gasteiger partial charge on any atom is 0.330 e. The van der Waals surface area contributed by atoms with Crippen LogP contribution in [0.1, 0.15) is 46.9 Å². The lowest BCUT2D eigenvalue weighted by Gasteiger charge is -2.16. The SMILES string of the molecule is Cc1cc(C(NC(=O)c2ccc(COC(C)C)cc2)C(=O)O)ccc1F. The highest BCUT2D eigenvalue weighted by atomic mass is 19.1. The van der Waals surface area contributed by atoms with Gasteiger partial charge in [-0.05, 0) is 55.7 Å². The van der Waals surface area contributed by atoms with Crippen LogP contribution in [0.15, 0.2) is 42.5 Å². The summed E-state index contributed by atoms with van der Waals surface area (Å²) in [7, 11) is 0. The highest BCUT2D eigenvalue weighted by molar-refractivity contribution is 5.96. The smallest absolute Gasteiger partial charge is 0.330 e. The maximum atomic E-state index is 13.4. The van der Waals surface area contributed by atoms with Gasteiger partial charge in [0.05, 0.1) is 12.7 Å². The summed E-state index contributed by atoms with van der Waals surface area (Å²) in [5.74, 6) is -2.16. The molecule has 0 radical (unpaired) electrons. The molecule has 1 atom stereocenters. The summed E-state index contributed by atoms with van der Waals surface area (Å²) < 4.78 is 18.9. The summed E-state index contributed by atoms with van der Waals surface area (Å²) in [5.41, 5.74) is 1.88. The maximum absolute atomic E-state index is 13.4. The van der Waals surface area contributed by atoms with E-state index in [1.807, 2.05) is 13.8 Å². The molecule has 0 saturated heterocycles. The van der Waals surface area contributed by atoms with Crippen LogP contribution < -0.4 is 5.32 Å². The predicted molar refractivity (Wildman–Crippen MR) is 95.3 cm³/mol. The van der Waals surface area contributed by atoms with Crippen LogP contribution in [0.25, 0.3) is 0 Å². The molecule has 0 bridgehead atoms. The van der Waals surface area contributed by atoms with Gasteiger partial charge in [0.15, 0.2) is 6.04 Å². The first-order valence-electron chi connectivity index (χ1n) is 8.28. The highest BCUT2D eigenvalue weighted by Crippen LogP contribution is 2.18. The third-order valence-corrected chi connectivity index (χ3v) is 3.84. The van der Waals surface area contributed by atoms with Crippen LogP contribution in [-0.4, -0.2) is 23.1 Å². The van der Waals surface area contributed by atoms with E-state index in [4.69, 9.17) is 4.74 Å². The lowest BCUT2D eigenvalue weighted by Crippen LogP contribution is -2.33. The number of rotatable bonds is 7. The van der Waals surface area contributed by atoms with Crippen LogP contribution in [0.5, 0.6) is 0 Å². The number of carboxylic acid groups (broad SMARTS) is 1. The van der Waals surface area contributed by atoms with Gasteiger partial charge in [0.25, 0.3) is 5.91 Å². The zero-order valence-electron chi connectivity index (χ0n) is 15.0. The molecule has 1 unspecified atom stereocenters. The molecule has 0 saturated carbocycles. The molecule has 0 aliphatic carbocycles. The van der Waals surface area contributed by atoms with Gasteiger partial charge in [-0.15, -0.1) is 0 Å². The van der Waals surface area contributed by atoms with Crippen molar-refractivity contribution in [3.63, 3.8) is 0 Å². The van der Waals surface area contributed by atoms with E-state index in [-0.39, 0.29) is 6.10 Å². The summed E-state index contributed by atoms with van der Waals surface area (Å²) in [6, 6.07) is 9.45. The van der Waals surface area contributed by atoms with Gasteiger partial charge >= 0.3 is 5.97 Å². The molecule has 0 heterocycles. The van der Waals surface area contributed by atoms with Gasteiger partial charge in [-0.25, -0.2) is 9.18 Å². The first kappa shape index (κ1) is 19.6. The zero-order valence-corrected chi connectivity index (χ0v) is 15.0. The van der Waals surface area contributed by atoms with Gasteiger partial charge in [-0.3, -0.25) is 4.79 Å². The molecule has 26 heavy (non-hydrogen) atoms. The fraction of sp³-hybridized carbons (Fsp3) is 0.300. The van der Waals surface area contributed by atoms with Gasteiger partial charge in [0, 0.05) is 5.56 Å². The largest absolute Gasteiger partial charge is 0.479 e. The average molecular weight is 359 g/mol. The van der Waals surface area contributed by atoms with E-state index in [1.54, 1.807) is 24.3 Å². The monoisotopic (exact) mass is 359 g/mol. The van der Waals surface area contributed by atoms with Crippen molar-refractivity contribution in [3.8, 4) is 0 Å². The number of carbonyl (C=O) groups is 2. The van der Waals surface area contributed by atoms with E-state index in [0.717, 1.165) is 5.56 Å². The lowest BCUT2D eigenvalue weighted by molar-refractivity contribution is -0.139. The molecule has 138 valence electrons. The van der Waals surface area contributed by atoms with Crippen LogP contribution in [0.2, 0.25) is 0 Å². The number of amides is 1. The molecular formula is C20H22FNO4. The minimum Gasteiger partial charge on any atom is -0.479 e. The minimum atomic E-state index is -1.26. The second-order valence-corrected chi connectivity index (χ2v) is 6.31. The van der Waals surface area contributed by atoms with Gasteiger partial charge in [0.1, 0.15) is 5.82 Å². The minimum absolute atomic E-state index is 0.105. The molecule has 0 fully saturated rings. The number of aliphatic carboxylic acids is 1. The predicted octanol–water partition coefficient (Wildman–Crippen LogP) is 3.61. The van der Waals surface area contributed by atoms with Crippen molar-refractivity contribution >= 4 is 11.9 Å². The first-order valence-corrected chi connectivity index (χ1v) is 8.28. The number of benzene rings is 2. The van der Waals surface area contributed by atoms with E-state index in [0.29, 0.717) is 23.3 Å². The number of carboxylic acids is 1. The summed E-state index contributed by atoms with van der Waals surface area (Å²) in [6.45, 7) is 5.85. The quantitative estimate of drug-likeness (QED) is 0.792. The Morgan fingerprint density at radius 3 is 2.35 bits per heavy atom. The molecule has 0 spiro atoms. The number of hydrogen-bond donors (Lipinski definition) is 2. The number of nitrogens with one attached hydrogen (secondary N) is 1.